The molecule has 0 aliphatic carbocycles. The summed E-state index contributed by atoms with van der Waals surface area (Å²) in [6.45, 7) is 7.54. The van der Waals surface area contributed by atoms with Crippen LogP contribution in [0.5, 0.6) is 11.5 Å². The van der Waals surface area contributed by atoms with Crippen LogP contribution in [-0.4, -0.2) is 322 Å². The van der Waals surface area contributed by atoms with E-state index in [1.54, 1.807) is 61.8 Å². The van der Waals surface area contributed by atoms with Crippen molar-refractivity contribution >= 4 is 130 Å². The Morgan fingerprint density at radius 2 is 1.06 bits per heavy atom. The highest BCUT2D eigenvalue weighted by molar-refractivity contribution is 6.35. The SMILES string of the molecule is COc1cc2c(cc1-c1cccc(NC(=O)CCC(=O)NCCCC[C@@H](NC(=O)[C@@H](C)NC(=O)[C@@H](C)NC(=O)[C@@H](CC(N)=O)NC(=O)[C@@H](CC(=O)O)NC(=O)[C@@H](CCCNC(=N)N)NC(=O)[C@@H](C)NC(=O)CN3CCN(CC(=O)O)CCN(CC(=O)O)CCN(CC(=O)O)CC3)C(N)=O)c1)-c1c(c(C(=O)N3CCOCC3(C)C)nn1-c1cc(Cl)cc(Cl)c1)CO2. The molecule has 21 N–H and O–H groups in total. The van der Waals surface area contributed by atoms with Crippen LogP contribution in [0.4, 0.5) is 5.69 Å². The Kier molecular flexibility index (Phi) is 37.9. The molecule has 682 valence electrons. The summed E-state index contributed by atoms with van der Waals surface area (Å²) in [7, 11) is 1.50. The van der Waals surface area contributed by atoms with Crippen LogP contribution < -0.4 is 79.8 Å². The lowest BCUT2D eigenvalue weighted by Crippen LogP contribution is -2.60. The van der Waals surface area contributed by atoms with Gasteiger partial charge in [-0.1, -0.05) is 35.3 Å². The number of primary amides is 2. The van der Waals surface area contributed by atoms with Gasteiger partial charge in [0.2, 0.25) is 65.0 Å². The summed E-state index contributed by atoms with van der Waals surface area (Å²) in [4.78, 5) is 217. The molecule has 4 heterocycles. The summed E-state index contributed by atoms with van der Waals surface area (Å²) >= 11 is 13.1. The molecule has 125 heavy (non-hydrogen) atoms. The number of rotatable bonds is 43. The lowest BCUT2D eigenvalue weighted by Gasteiger charge is -2.41. The number of carboxylic acids is 4. The number of carbonyl (C=O) groups is 16. The maximum Gasteiger partial charge on any atom is 0.317 e. The molecule has 3 aromatic carbocycles. The first kappa shape index (κ1) is 99.7. The Morgan fingerprint density at radius 1 is 0.552 bits per heavy atom. The lowest BCUT2D eigenvalue weighted by atomic mass is 9.95. The molecule has 12 amide bonds. The van der Waals surface area contributed by atoms with Gasteiger partial charge >= 0.3 is 23.9 Å². The van der Waals surface area contributed by atoms with Gasteiger partial charge < -0.3 is 110 Å². The molecule has 3 aliphatic heterocycles. The van der Waals surface area contributed by atoms with Crippen LogP contribution in [0.1, 0.15) is 108 Å². The molecule has 0 radical (unpaired) electrons. The van der Waals surface area contributed by atoms with E-state index in [9.17, 15) is 97.1 Å². The molecule has 3 aliphatic rings. The summed E-state index contributed by atoms with van der Waals surface area (Å²) in [6.07, 6.45) is -2.34. The summed E-state index contributed by atoms with van der Waals surface area (Å²) in [5.41, 5.74) is 19.8. The van der Waals surface area contributed by atoms with E-state index in [1.165, 1.54) is 30.8 Å². The van der Waals surface area contributed by atoms with Crippen LogP contribution in [0.25, 0.3) is 28.1 Å². The van der Waals surface area contributed by atoms with Gasteiger partial charge in [0.15, 0.2) is 11.7 Å². The van der Waals surface area contributed by atoms with Crippen LogP contribution in [-0.2, 0) is 83.3 Å². The zero-order valence-electron chi connectivity index (χ0n) is 70.0. The molecular formula is C79H109Cl2N21O23. The van der Waals surface area contributed by atoms with E-state index in [1.807, 2.05) is 26.0 Å². The third kappa shape index (κ3) is 31.4. The molecule has 2 saturated heterocycles. The number of aliphatic carboxylic acids is 4. The fourth-order valence-corrected chi connectivity index (χ4v) is 14.3. The molecule has 0 saturated carbocycles. The van der Waals surface area contributed by atoms with Crippen molar-refractivity contribution < 1.29 is 111 Å². The average molecular weight is 1790 g/mol. The highest BCUT2D eigenvalue weighted by atomic mass is 35.5. The van der Waals surface area contributed by atoms with Crippen molar-refractivity contribution in [2.45, 2.75) is 147 Å². The van der Waals surface area contributed by atoms with Crippen LogP contribution in [0.15, 0.2) is 54.6 Å². The number of methoxy groups -OCH3 is 1. The van der Waals surface area contributed by atoms with Crippen molar-refractivity contribution in [3.63, 3.8) is 0 Å². The van der Waals surface area contributed by atoms with Crippen molar-refractivity contribution in [2.75, 3.05) is 124 Å². The Bertz CT molecular complexity index is 4600. The normalized spacial score (nSPS) is 16.1. The molecule has 7 rings (SSSR count). The van der Waals surface area contributed by atoms with Crippen molar-refractivity contribution in [1.82, 2.24) is 82.1 Å². The number of hydrogen-bond acceptors (Lipinski definition) is 25. The minimum Gasteiger partial charge on any atom is -0.496 e. The summed E-state index contributed by atoms with van der Waals surface area (Å²) in [5.74, 6) is -15.6. The first-order chi connectivity index (χ1) is 59.1. The number of hydrogen-bond donors (Lipinski definition) is 18. The number of guanidine groups is 1. The average Bonchev–Trinajstić information content (AvgIpc) is 1.59. The first-order valence-corrected chi connectivity index (χ1v) is 40.9. The minimum atomic E-state index is -2.06. The molecule has 2 fully saturated rings. The smallest absolute Gasteiger partial charge is 0.317 e. The number of halogens is 2. The Labute approximate surface area is 728 Å². The first-order valence-electron chi connectivity index (χ1n) is 40.1. The predicted molar refractivity (Wildman–Crippen MR) is 450 cm³/mol. The number of nitrogens with zero attached hydrogens (tertiary/aromatic N) is 7. The maximum absolute atomic E-state index is 14.5. The zero-order chi connectivity index (χ0) is 92.1. The van der Waals surface area contributed by atoms with E-state index < -0.39 is 175 Å². The number of nitrogens with two attached hydrogens (primary N) is 3. The Hall–Kier alpha value is -12.4. The van der Waals surface area contributed by atoms with Gasteiger partial charge in [-0.15, -0.1) is 0 Å². The fraction of sp³-hybridized carbons (Fsp3) is 0.519. The van der Waals surface area contributed by atoms with E-state index in [4.69, 9.17) is 65.1 Å². The van der Waals surface area contributed by atoms with Gasteiger partial charge in [-0.2, -0.15) is 5.10 Å². The predicted octanol–water partition coefficient (Wildman–Crippen LogP) is -2.30. The molecular weight excluding hydrogens is 1680 g/mol. The Balaban J connectivity index is 0.880. The second kappa shape index (κ2) is 47.5. The number of carbonyl (C=O) groups excluding carboxylic acids is 12. The third-order valence-corrected chi connectivity index (χ3v) is 20.8. The molecule has 4 aromatic rings. The number of morpholine rings is 1. The molecule has 0 bridgehead atoms. The lowest BCUT2D eigenvalue weighted by molar-refractivity contribution is -0.142. The van der Waals surface area contributed by atoms with Gasteiger partial charge in [-0.05, 0) is 109 Å². The highest BCUT2D eigenvalue weighted by Gasteiger charge is 2.41. The van der Waals surface area contributed by atoms with Gasteiger partial charge in [0, 0.05) is 123 Å². The van der Waals surface area contributed by atoms with Gasteiger partial charge in [0.05, 0.1) is 76.3 Å². The van der Waals surface area contributed by atoms with Crippen LogP contribution in [0, 0.1) is 5.41 Å². The largest absolute Gasteiger partial charge is 0.496 e. The maximum atomic E-state index is 14.5. The van der Waals surface area contributed by atoms with Gasteiger partial charge in [-0.25, -0.2) is 4.68 Å². The summed E-state index contributed by atoms with van der Waals surface area (Å²) in [6, 6.07) is 4.19. The fourth-order valence-electron chi connectivity index (χ4n) is 13.8. The van der Waals surface area contributed by atoms with Crippen molar-refractivity contribution in [2.24, 2.45) is 17.2 Å². The molecule has 0 unspecified atom stereocenters. The number of unbranched alkanes of at least 4 members (excludes halogenated alkanes) is 1. The number of carboxylic acid groups (broad SMARTS) is 4. The van der Waals surface area contributed by atoms with Crippen LogP contribution in [0.3, 0.4) is 0 Å². The summed E-state index contributed by atoms with van der Waals surface area (Å²) < 4.78 is 19.5. The van der Waals surface area contributed by atoms with Gasteiger partial charge in [0.25, 0.3) is 5.91 Å². The molecule has 1 aromatic heterocycles. The van der Waals surface area contributed by atoms with E-state index in [-0.39, 0.29) is 135 Å². The minimum absolute atomic E-state index is 0.00208. The van der Waals surface area contributed by atoms with Crippen molar-refractivity contribution in [1.29, 1.82) is 5.41 Å². The number of nitrogens with one attached hydrogen (secondary N) is 11. The monoisotopic (exact) mass is 1790 g/mol. The van der Waals surface area contributed by atoms with E-state index >= 15 is 0 Å². The second-order valence-corrected chi connectivity index (χ2v) is 31.7. The standard InChI is InChI=1S/C79H109Cl2N21O23/c1-43(88-63(106)37-97-19-21-98(38-65(109)110)23-25-100(40-67(113)114)26-24-99(22-20-97)39-66(111)112)72(117)93-55(14-10-18-87-78(84)85)74(119)95-57(35-64(107)108)76(121)94-56(34-60(82)103)75(120)90-44(2)71(116)89-45(3)73(118)92-54(70(83)115)13-7-8-17-86-61(104)15-16-62(105)91-49-12-9-11-46(29-49)51-33-52-59(36-58(51)123-6)125-41-53-68(77(122)101-27-28-124-42-79(101,4)5)96-102(69(52)53)50-31-47(80)30-48(81)32-50/h9,11-12,29-33,36,43-45,54-57H,7-8,10,13-28,34-35,37-42H2,1-6H3,(H2,82,103)(H2,83,115)(H,86,104)(H,88,106)(H,89,116)(H,90,120)(H,91,105)(H,92,118)(H,93,117)(H,94,121)(H,95,119)(H,107,108)(H,109,110)(H,111,112)(H,113,114)(H4,84,85,87)/t43-,44-,45-,54-,55-,56-,57-/m1/s1. The van der Waals surface area contributed by atoms with E-state index in [0.717, 1.165) is 6.92 Å². The number of aromatic nitrogens is 2. The molecule has 46 heteroatoms. The number of amides is 12. The highest BCUT2D eigenvalue weighted by Crippen LogP contribution is 2.47. The van der Waals surface area contributed by atoms with Crippen molar-refractivity contribution in [3.8, 4) is 39.6 Å². The number of ether oxygens (including phenoxy) is 3. The second-order valence-electron chi connectivity index (χ2n) is 30.8. The molecule has 0 spiro atoms. The molecule has 44 nitrogen and oxygen atoms in total. The Morgan fingerprint density at radius 3 is 1.60 bits per heavy atom. The summed E-state index contributed by atoms with van der Waals surface area (Å²) in [5, 5.41) is 76.2. The van der Waals surface area contributed by atoms with Crippen LogP contribution >= 0.6 is 23.2 Å². The number of benzene rings is 3. The third-order valence-electron chi connectivity index (χ3n) is 20.4. The zero-order valence-corrected chi connectivity index (χ0v) is 71.5. The number of anilines is 1. The quantitative estimate of drug-likeness (QED) is 0.0126. The molecule has 7 atom stereocenters. The van der Waals surface area contributed by atoms with Gasteiger partial charge in [-0.3, -0.25) is 102 Å². The van der Waals surface area contributed by atoms with Crippen LogP contribution in [0.2, 0.25) is 10.0 Å². The van der Waals surface area contributed by atoms with E-state index in [0.29, 0.717) is 80.6 Å². The number of fused-ring (bicyclic) bond motifs is 3. The van der Waals surface area contributed by atoms with Crippen molar-refractivity contribution in [3.05, 3.63) is 75.9 Å². The van der Waals surface area contributed by atoms with Gasteiger partial charge in [0.1, 0.15) is 60.4 Å². The van der Waals surface area contributed by atoms with E-state index in [2.05, 4.69) is 53.2 Å². The topological polar surface area (TPSA) is 638 Å².